The average molecular weight is 490 g/mol. The summed E-state index contributed by atoms with van der Waals surface area (Å²) in [6.07, 6.45) is 4.14. The van der Waals surface area contributed by atoms with Crippen LogP contribution in [0.4, 0.5) is 4.79 Å². The van der Waals surface area contributed by atoms with E-state index in [9.17, 15) is 21.6 Å². The van der Waals surface area contributed by atoms with Gasteiger partial charge in [0, 0.05) is 0 Å². The van der Waals surface area contributed by atoms with Crippen LogP contribution in [0.25, 0.3) is 0 Å². The van der Waals surface area contributed by atoms with Gasteiger partial charge in [0.1, 0.15) is 11.9 Å². The number of allylic oxidation sites excluding steroid dienone is 1. The molecule has 9 heteroatoms. The molecule has 33 heavy (non-hydrogen) atoms. The summed E-state index contributed by atoms with van der Waals surface area (Å²) >= 11 is 0. The van der Waals surface area contributed by atoms with Crippen LogP contribution in [0.1, 0.15) is 13.3 Å². The normalized spacial score (nSPS) is 22.9. The fourth-order valence-corrected chi connectivity index (χ4v) is 9.00. The molecule has 0 spiro atoms. The molecule has 1 aliphatic rings. The van der Waals surface area contributed by atoms with Crippen LogP contribution in [0.5, 0.6) is 0 Å². The van der Waals surface area contributed by atoms with Gasteiger partial charge in [0.25, 0.3) is 0 Å². The number of hydrogen-bond donors (Lipinski definition) is 1. The number of sulfone groups is 2. The number of ether oxygens (including phenoxy) is 1. The lowest BCUT2D eigenvalue weighted by atomic mass is 9.90. The Morgan fingerprint density at radius 3 is 1.91 bits per heavy atom. The Morgan fingerprint density at radius 1 is 0.909 bits per heavy atom. The van der Waals surface area contributed by atoms with Gasteiger partial charge in [-0.2, -0.15) is 0 Å². The van der Waals surface area contributed by atoms with E-state index in [-0.39, 0.29) is 16.4 Å². The van der Waals surface area contributed by atoms with E-state index >= 15 is 0 Å². The predicted molar refractivity (Wildman–Crippen MR) is 126 cm³/mol. The molecule has 1 aliphatic carbocycles. The van der Waals surface area contributed by atoms with Crippen molar-refractivity contribution in [3.05, 3.63) is 85.5 Å². The van der Waals surface area contributed by atoms with Gasteiger partial charge >= 0.3 is 6.09 Å². The molecule has 0 aliphatic heterocycles. The summed E-state index contributed by atoms with van der Waals surface area (Å²) in [5, 5.41) is -0.238. The van der Waals surface area contributed by atoms with E-state index in [2.05, 4.69) is 11.9 Å². The number of carbonyl (C=O) groups excluding carboxylic acids is 1. The zero-order valence-corrected chi connectivity index (χ0v) is 19.8. The van der Waals surface area contributed by atoms with E-state index in [1.165, 1.54) is 30.3 Å². The zero-order valence-electron chi connectivity index (χ0n) is 18.2. The van der Waals surface area contributed by atoms with Crippen molar-refractivity contribution < 1.29 is 26.4 Å². The van der Waals surface area contributed by atoms with Gasteiger partial charge in [-0.05, 0) is 36.6 Å². The van der Waals surface area contributed by atoms with E-state index in [1.807, 2.05) is 0 Å². The highest BCUT2D eigenvalue weighted by Gasteiger charge is 2.51. The van der Waals surface area contributed by atoms with Crippen LogP contribution >= 0.6 is 0 Å². The number of carbonyl (C=O) groups is 1. The van der Waals surface area contributed by atoms with E-state index in [1.54, 1.807) is 55.5 Å². The minimum absolute atomic E-state index is 0.0142. The van der Waals surface area contributed by atoms with Crippen LogP contribution in [0.15, 0.2) is 95.3 Å². The molecule has 0 fully saturated rings. The Morgan fingerprint density at radius 2 is 1.42 bits per heavy atom. The summed E-state index contributed by atoms with van der Waals surface area (Å²) in [5.41, 5.74) is 0. The Labute approximate surface area is 195 Å². The lowest BCUT2D eigenvalue weighted by molar-refractivity contribution is 0.155. The van der Waals surface area contributed by atoms with Gasteiger partial charge in [0.05, 0.1) is 21.1 Å². The highest BCUT2D eigenvalue weighted by molar-refractivity contribution is 7.96. The molecule has 1 N–H and O–H groups in total. The highest BCUT2D eigenvalue weighted by atomic mass is 32.2. The van der Waals surface area contributed by atoms with Crippen LogP contribution in [-0.4, -0.2) is 46.1 Å². The van der Waals surface area contributed by atoms with Crippen molar-refractivity contribution >= 4 is 25.8 Å². The molecule has 2 aromatic rings. The van der Waals surface area contributed by atoms with Crippen LogP contribution in [0.2, 0.25) is 0 Å². The number of amides is 1. The smallest absolute Gasteiger partial charge is 0.407 e. The van der Waals surface area contributed by atoms with E-state index in [0.29, 0.717) is 6.42 Å². The van der Waals surface area contributed by atoms with Crippen molar-refractivity contribution in [3.8, 4) is 0 Å². The fraction of sp³-hybridized carbons (Fsp3) is 0.292. The molecule has 0 heterocycles. The number of alkyl carbamates (subject to hydrolysis) is 1. The van der Waals surface area contributed by atoms with Gasteiger partial charge in [-0.3, -0.25) is 0 Å². The standard InChI is InChI=1S/C24H27NO6S2/c1-3-17-31-24(26)25-21-16-15-18(4-2)22(32(27,28)19-11-7-5-8-12-19)23(21)33(29,30)20-13-9-6-10-14-20/h3,5-16,18,21-23H,1,4,17H2,2H3,(H,25,26)/t18-,21-,22+,23+/m0/s1. The maximum atomic E-state index is 13.8. The summed E-state index contributed by atoms with van der Waals surface area (Å²) in [4.78, 5) is 12.3. The zero-order chi connectivity index (χ0) is 24.1. The molecule has 2 aromatic carbocycles. The molecule has 0 unspecified atom stereocenters. The van der Waals surface area contributed by atoms with Gasteiger partial charge in [0.2, 0.25) is 0 Å². The van der Waals surface area contributed by atoms with Crippen molar-refractivity contribution in [2.75, 3.05) is 6.61 Å². The number of nitrogens with one attached hydrogen (secondary N) is 1. The van der Waals surface area contributed by atoms with Gasteiger partial charge in [-0.25, -0.2) is 21.6 Å². The third-order valence-corrected chi connectivity index (χ3v) is 10.3. The van der Waals surface area contributed by atoms with Crippen molar-refractivity contribution in [3.63, 3.8) is 0 Å². The van der Waals surface area contributed by atoms with Gasteiger partial charge in [0.15, 0.2) is 19.7 Å². The van der Waals surface area contributed by atoms with Gasteiger partial charge < -0.3 is 10.1 Å². The molecular weight excluding hydrogens is 462 g/mol. The summed E-state index contributed by atoms with van der Waals surface area (Å²) in [7, 11) is -8.27. The fourth-order valence-electron chi connectivity index (χ4n) is 4.05. The van der Waals surface area contributed by atoms with Gasteiger partial charge in [-0.1, -0.05) is 68.1 Å². The second-order valence-electron chi connectivity index (χ2n) is 7.66. The molecule has 0 aromatic heterocycles. The molecule has 0 bridgehead atoms. The van der Waals surface area contributed by atoms with E-state index in [4.69, 9.17) is 4.74 Å². The van der Waals surface area contributed by atoms with Crippen molar-refractivity contribution in [1.82, 2.24) is 5.32 Å². The Balaban J connectivity index is 2.18. The number of hydrogen-bond acceptors (Lipinski definition) is 6. The third kappa shape index (κ3) is 5.20. The summed E-state index contributed by atoms with van der Waals surface area (Å²) in [6, 6.07) is 14.3. The summed E-state index contributed by atoms with van der Waals surface area (Å²) in [5.74, 6) is -0.569. The maximum absolute atomic E-state index is 13.8. The first-order valence-electron chi connectivity index (χ1n) is 10.5. The molecule has 7 nitrogen and oxygen atoms in total. The quantitative estimate of drug-likeness (QED) is 0.569. The number of benzene rings is 2. The lowest BCUT2D eigenvalue weighted by Gasteiger charge is -2.38. The predicted octanol–water partition coefficient (Wildman–Crippen LogP) is 3.55. The molecular formula is C24H27NO6S2. The molecule has 3 rings (SSSR count). The first kappa shape index (κ1) is 24.7. The Kier molecular flexibility index (Phi) is 7.76. The molecule has 0 radical (unpaired) electrons. The van der Waals surface area contributed by atoms with Crippen molar-refractivity contribution in [2.24, 2.45) is 5.92 Å². The Bertz CT molecular complexity index is 1210. The van der Waals surface area contributed by atoms with E-state index in [0.717, 1.165) is 0 Å². The average Bonchev–Trinajstić information content (AvgIpc) is 2.83. The monoisotopic (exact) mass is 489 g/mol. The van der Waals surface area contributed by atoms with Crippen LogP contribution in [-0.2, 0) is 24.4 Å². The molecule has 0 saturated heterocycles. The van der Waals surface area contributed by atoms with Crippen LogP contribution in [0, 0.1) is 5.92 Å². The minimum atomic E-state index is -4.18. The van der Waals surface area contributed by atoms with Crippen LogP contribution in [0.3, 0.4) is 0 Å². The lowest BCUT2D eigenvalue weighted by Crippen LogP contribution is -2.57. The van der Waals surface area contributed by atoms with Crippen molar-refractivity contribution in [2.45, 2.75) is 39.7 Å². The topological polar surface area (TPSA) is 107 Å². The second kappa shape index (κ2) is 10.4. The number of rotatable bonds is 8. The Hall–Kier alpha value is -2.91. The van der Waals surface area contributed by atoms with Gasteiger partial charge in [-0.15, -0.1) is 0 Å². The third-order valence-electron chi connectivity index (χ3n) is 5.61. The molecule has 176 valence electrons. The summed E-state index contributed by atoms with van der Waals surface area (Å²) in [6.45, 7) is 5.22. The second-order valence-corrected chi connectivity index (χ2v) is 11.9. The largest absolute Gasteiger partial charge is 0.445 e. The highest BCUT2D eigenvalue weighted by Crippen LogP contribution is 2.37. The SMILES string of the molecule is C=CCOC(=O)N[C@H]1C=C[C@H](CC)[C@@H](S(=O)(=O)c2ccccc2)[C@@H]1S(=O)(=O)c1ccccc1. The molecule has 0 saturated carbocycles. The molecule has 1 amide bonds. The first-order chi connectivity index (χ1) is 15.7. The first-order valence-corrected chi connectivity index (χ1v) is 13.6. The minimum Gasteiger partial charge on any atom is -0.445 e. The molecule has 4 atom stereocenters. The maximum Gasteiger partial charge on any atom is 0.407 e. The summed E-state index contributed by atoms with van der Waals surface area (Å²) < 4.78 is 60.2. The van der Waals surface area contributed by atoms with Crippen LogP contribution < -0.4 is 5.32 Å². The van der Waals surface area contributed by atoms with E-state index < -0.39 is 48.2 Å². The van der Waals surface area contributed by atoms with Crippen molar-refractivity contribution in [1.29, 1.82) is 0 Å².